The molecule has 6 nitrogen and oxygen atoms in total. The molecule has 1 aromatic heterocycles. The van der Waals surface area contributed by atoms with Gasteiger partial charge in [0.2, 0.25) is 5.91 Å². The van der Waals surface area contributed by atoms with Gasteiger partial charge < -0.3 is 15.2 Å². The molecular weight excluding hydrogens is 426 g/mol. The molecule has 0 bridgehead atoms. The standard InChI is InChI=1S/C25H22ClN3O3/c1-17(31)27-25(19-7-11-20(26)12-8-19)29-21(16-30)15-24(28-29)18-9-13-23(14-10-18)32-22-5-3-2-4-6-22/h2-15,25,30H,16H2,1H3,(H,27,31). The summed E-state index contributed by atoms with van der Waals surface area (Å²) < 4.78 is 7.46. The second-order valence-corrected chi connectivity index (χ2v) is 7.65. The number of hydrogen-bond donors (Lipinski definition) is 2. The normalized spacial score (nSPS) is 11.7. The van der Waals surface area contributed by atoms with Crippen LogP contribution in [0.5, 0.6) is 11.5 Å². The minimum Gasteiger partial charge on any atom is -0.457 e. The van der Waals surface area contributed by atoms with Gasteiger partial charge in [0.25, 0.3) is 0 Å². The van der Waals surface area contributed by atoms with Crippen molar-refractivity contribution in [1.29, 1.82) is 0 Å². The number of para-hydroxylation sites is 1. The number of hydrogen-bond acceptors (Lipinski definition) is 4. The maximum atomic E-state index is 11.9. The summed E-state index contributed by atoms with van der Waals surface area (Å²) in [4.78, 5) is 11.9. The number of aliphatic hydroxyl groups excluding tert-OH is 1. The Morgan fingerprint density at radius 1 is 1.03 bits per heavy atom. The summed E-state index contributed by atoms with van der Waals surface area (Å²) in [6, 6.07) is 26.0. The average Bonchev–Trinajstić information content (AvgIpc) is 3.23. The van der Waals surface area contributed by atoms with E-state index in [-0.39, 0.29) is 12.5 Å². The van der Waals surface area contributed by atoms with Gasteiger partial charge >= 0.3 is 0 Å². The molecular formula is C25H22ClN3O3. The highest BCUT2D eigenvalue weighted by Gasteiger charge is 2.20. The highest BCUT2D eigenvalue weighted by Crippen LogP contribution is 2.28. The Balaban J connectivity index is 1.64. The fraction of sp³-hybridized carbons (Fsp3) is 0.120. The fourth-order valence-corrected chi connectivity index (χ4v) is 3.48. The van der Waals surface area contributed by atoms with E-state index >= 15 is 0 Å². The SMILES string of the molecule is CC(=O)NC(c1ccc(Cl)cc1)n1nc(-c2ccc(Oc3ccccc3)cc2)cc1CO. The first-order valence-corrected chi connectivity index (χ1v) is 10.5. The monoisotopic (exact) mass is 447 g/mol. The van der Waals surface area contributed by atoms with Crippen LogP contribution in [0.2, 0.25) is 5.02 Å². The fourth-order valence-electron chi connectivity index (χ4n) is 3.36. The second-order valence-electron chi connectivity index (χ2n) is 7.22. The Hall–Kier alpha value is -3.61. The molecule has 1 unspecified atom stereocenters. The summed E-state index contributed by atoms with van der Waals surface area (Å²) in [5.41, 5.74) is 2.89. The van der Waals surface area contributed by atoms with Gasteiger partial charge in [-0.2, -0.15) is 5.10 Å². The molecule has 2 N–H and O–H groups in total. The van der Waals surface area contributed by atoms with Gasteiger partial charge in [0.15, 0.2) is 0 Å². The zero-order valence-electron chi connectivity index (χ0n) is 17.4. The molecule has 3 aromatic carbocycles. The number of nitrogens with one attached hydrogen (secondary N) is 1. The lowest BCUT2D eigenvalue weighted by molar-refractivity contribution is -0.120. The number of amides is 1. The zero-order valence-corrected chi connectivity index (χ0v) is 18.2. The minimum atomic E-state index is -0.582. The van der Waals surface area contributed by atoms with Crippen LogP contribution in [0.15, 0.2) is 84.9 Å². The molecule has 0 fully saturated rings. The molecule has 4 aromatic rings. The third-order valence-electron chi connectivity index (χ3n) is 4.87. The van der Waals surface area contributed by atoms with Gasteiger partial charge in [0.05, 0.1) is 18.0 Å². The van der Waals surface area contributed by atoms with E-state index in [9.17, 15) is 9.90 Å². The summed E-state index contributed by atoms with van der Waals surface area (Å²) in [6.45, 7) is 1.21. The van der Waals surface area contributed by atoms with E-state index < -0.39 is 6.17 Å². The third-order valence-corrected chi connectivity index (χ3v) is 5.13. The highest BCUT2D eigenvalue weighted by molar-refractivity contribution is 6.30. The van der Waals surface area contributed by atoms with E-state index in [4.69, 9.17) is 16.3 Å². The molecule has 0 aliphatic carbocycles. The van der Waals surface area contributed by atoms with E-state index in [0.29, 0.717) is 22.2 Å². The molecule has 0 radical (unpaired) electrons. The van der Waals surface area contributed by atoms with Crippen molar-refractivity contribution in [3.05, 3.63) is 101 Å². The first kappa shape index (κ1) is 21.6. The van der Waals surface area contributed by atoms with Crippen molar-refractivity contribution in [2.24, 2.45) is 0 Å². The molecule has 1 atom stereocenters. The van der Waals surface area contributed by atoms with Crippen LogP contribution in [0, 0.1) is 0 Å². The first-order valence-electron chi connectivity index (χ1n) is 10.1. The van der Waals surface area contributed by atoms with Crippen LogP contribution in [0.3, 0.4) is 0 Å². The number of benzene rings is 3. The first-order chi connectivity index (χ1) is 15.5. The molecule has 1 amide bonds. The van der Waals surface area contributed by atoms with Crippen molar-refractivity contribution >= 4 is 17.5 Å². The van der Waals surface area contributed by atoms with Gasteiger partial charge in [0, 0.05) is 17.5 Å². The van der Waals surface area contributed by atoms with Crippen molar-refractivity contribution in [2.45, 2.75) is 19.7 Å². The van der Waals surface area contributed by atoms with Crippen LogP contribution < -0.4 is 10.1 Å². The van der Waals surface area contributed by atoms with E-state index in [1.165, 1.54) is 6.92 Å². The maximum Gasteiger partial charge on any atom is 0.218 e. The van der Waals surface area contributed by atoms with E-state index in [1.54, 1.807) is 22.9 Å². The summed E-state index contributed by atoms with van der Waals surface area (Å²) >= 11 is 6.01. The molecule has 4 rings (SSSR count). The third kappa shape index (κ3) is 4.99. The predicted molar refractivity (Wildman–Crippen MR) is 124 cm³/mol. The van der Waals surface area contributed by atoms with Crippen molar-refractivity contribution < 1.29 is 14.6 Å². The van der Waals surface area contributed by atoms with Crippen molar-refractivity contribution in [3.8, 4) is 22.8 Å². The van der Waals surface area contributed by atoms with Crippen molar-refractivity contribution in [1.82, 2.24) is 15.1 Å². The Labute approximate surface area is 191 Å². The predicted octanol–water partition coefficient (Wildman–Crippen LogP) is 5.17. The van der Waals surface area contributed by atoms with Crippen LogP contribution in [-0.4, -0.2) is 20.8 Å². The van der Waals surface area contributed by atoms with Crippen LogP contribution in [0.25, 0.3) is 11.3 Å². The van der Waals surface area contributed by atoms with E-state index in [2.05, 4.69) is 10.4 Å². The van der Waals surface area contributed by atoms with Crippen LogP contribution in [-0.2, 0) is 11.4 Å². The molecule has 0 saturated heterocycles. The lowest BCUT2D eigenvalue weighted by Gasteiger charge is -2.21. The lowest BCUT2D eigenvalue weighted by atomic mass is 10.1. The van der Waals surface area contributed by atoms with Gasteiger partial charge in [-0.3, -0.25) is 4.79 Å². The van der Waals surface area contributed by atoms with E-state index in [0.717, 1.165) is 16.9 Å². The highest BCUT2D eigenvalue weighted by atomic mass is 35.5. The van der Waals surface area contributed by atoms with Gasteiger partial charge in [-0.1, -0.05) is 41.9 Å². The van der Waals surface area contributed by atoms with Gasteiger partial charge in [-0.15, -0.1) is 0 Å². The van der Waals surface area contributed by atoms with Gasteiger partial charge in [-0.25, -0.2) is 4.68 Å². The Bertz CT molecular complexity index is 1190. The molecule has 1 heterocycles. The number of carbonyl (C=O) groups excluding carboxylic acids is 1. The summed E-state index contributed by atoms with van der Waals surface area (Å²) in [5.74, 6) is 1.25. The number of nitrogens with zero attached hydrogens (tertiary/aromatic N) is 2. The number of ether oxygens (including phenoxy) is 1. The quantitative estimate of drug-likeness (QED) is 0.409. The maximum absolute atomic E-state index is 11.9. The summed E-state index contributed by atoms with van der Waals surface area (Å²) in [7, 11) is 0. The van der Waals surface area contributed by atoms with Crippen LogP contribution in [0.1, 0.15) is 24.3 Å². The summed E-state index contributed by atoms with van der Waals surface area (Å²) in [5, 5.41) is 18.1. The number of aliphatic hydroxyl groups is 1. The van der Waals surface area contributed by atoms with Crippen molar-refractivity contribution in [3.63, 3.8) is 0 Å². The molecule has 162 valence electrons. The average molecular weight is 448 g/mol. The molecule has 0 spiro atoms. The summed E-state index contributed by atoms with van der Waals surface area (Å²) in [6.07, 6.45) is -0.582. The van der Waals surface area contributed by atoms with Crippen molar-refractivity contribution in [2.75, 3.05) is 0 Å². The van der Waals surface area contributed by atoms with Crippen LogP contribution >= 0.6 is 11.6 Å². The molecule has 7 heteroatoms. The topological polar surface area (TPSA) is 76.4 Å². The van der Waals surface area contributed by atoms with Gasteiger partial charge in [0.1, 0.15) is 17.7 Å². The number of rotatable bonds is 7. The smallest absolute Gasteiger partial charge is 0.218 e. The van der Waals surface area contributed by atoms with E-state index in [1.807, 2.05) is 66.7 Å². The number of aromatic nitrogens is 2. The molecule has 0 aliphatic heterocycles. The van der Waals surface area contributed by atoms with Crippen LogP contribution in [0.4, 0.5) is 0 Å². The van der Waals surface area contributed by atoms with Gasteiger partial charge in [-0.05, 0) is 60.2 Å². The number of halogens is 1. The molecule has 32 heavy (non-hydrogen) atoms. The minimum absolute atomic E-state index is 0.215. The largest absolute Gasteiger partial charge is 0.457 e. The number of carbonyl (C=O) groups is 1. The lowest BCUT2D eigenvalue weighted by Crippen LogP contribution is -2.33. The Kier molecular flexibility index (Phi) is 6.54. The second kappa shape index (κ2) is 9.68. The Morgan fingerprint density at radius 3 is 2.31 bits per heavy atom. The zero-order chi connectivity index (χ0) is 22.5. The molecule has 0 saturated carbocycles. The molecule has 0 aliphatic rings. The Morgan fingerprint density at radius 2 is 1.69 bits per heavy atom.